The minimum atomic E-state index is -3.34. The van der Waals surface area contributed by atoms with Crippen LogP contribution in [0.1, 0.15) is 24.8 Å². The van der Waals surface area contributed by atoms with E-state index < -0.39 is 15.6 Å². The van der Waals surface area contributed by atoms with Gasteiger partial charge in [-0.25, -0.2) is 13.1 Å². The Balaban J connectivity index is 1.96. The van der Waals surface area contributed by atoms with Gasteiger partial charge >= 0.3 is 0 Å². The number of aryl methyl sites for hydroxylation is 1. The second kappa shape index (κ2) is 8.09. The van der Waals surface area contributed by atoms with Gasteiger partial charge in [-0.3, -0.25) is 4.79 Å². The number of carbonyl (C=O) groups is 1. The van der Waals surface area contributed by atoms with Gasteiger partial charge < -0.3 is 9.64 Å². The smallest absolute Gasteiger partial charge is 0.222 e. The highest BCUT2D eigenvalue weighted by molar-refractivity contribution is 7.88. The van der Waals surface area contributed by atoms with Crippen LogP contribution in [-0.2, 0) is 26.0 Å². The molecule has 1 aromatic rings. The molecule has 1 heterocycles. The van der Waals surface area contributed by atoms with Crippen molar-refractivity contribution in [1.29, 1.82) is 0 Å². The van der Waals surface area contributed by atoms with Crippen LogP contribution in [0.2, 0.25) is 0 Å². The van der Waals surface area contributed by atoms with Crippen LogP contribution in [0.25, 0.3) is 0 Å². The topological polar surface area (TPSA) is 75.7 Å². The number of methoxy groups -OCH3 is 1. The molecule has 1 unspecified atom stereocenters. The van der Waals surface area contributed by atoms with Crippen LogP contribution >= 0.6 is 0 Å². The number of hydrogen-bond acceptors (Lipinski definition) is 4. The van der Waals surface area contributed by atoms with Crippen molar-refractivity contribution in [1.82, 2.24) is 9.62 Å². The van der Waals surface area contributed by atoms with Gasteiger partial charge in [0.25, 0.3) is 0 Å². The first kappa shape index (κ1) is 18.9. The van der Waals surface area contributed by atoms with E-state index in [1.807, 2.05) is 30.3 Å². The molecule has 0 aliphatic carbocycles. The minimum Gasteiger partial charge on any atom is -0.385 e. The maximum Gasteiger partial charge on any atom is 0.222 e. The van der Waals surface area contributed by atoms with Gasteiger partial charge in [0, 0.05) is 33.2 Å². The van der Waals surface area contributed by atoms with Gasteiger partial charge in [0.05, 0.1) is 11.8 Å². The van der Waals surface area contributed by atoms with Crippen LogP contribution in [0.5, 0.6) is 0 Å². The molecule has 0 bridgehead atoms. The van der Waals surface area contributed by atoms with E-state index in [-0.39, 0.29) is 5.91 Å². The largest absolute Gasteiger partial charge is 0.385 e. The Kier molecular flexibility index (Phi) is 6.37. The predicted molar refractivity (Wildman–Crippen MR) is 93.2 cm³/mol. The summed E-state index contributed by atoms with van der Waals surface area (Å²) >= 11 is 0. The highest BCUT2D eigenvalue weighted by atomic mass is 32.2. The molecule has 6 nitrogen and oxygen atoms in total. The fourth-order valence-electron chi connectivity index (χ4n) is 3.17. The maximum absolute atomic E-state index is 12.5. The Hall–Kier alpha value is -1.44. The number of nitrogens with zero attached hydrogens (tertiary/aromatic N) is 1. The van der Waals surface area contributed by atoms with Gasteiger partial charge in [0.1, 0.15) is 0 Å². The van der Waals surface area contributed by atoms with Gasteiger partial charge in [0.15, 0.2) is 0 Å². The summed E-state index contributed by atoms with van der Waals surface area (Å²) in [4.78, 5) is 14.2. The predicted octanol–water partition coefficient (Wildman–Crippen LogP) is 1.18. The summed E-state index contributed by atoms with van der Waals surface area (Å²) in [5.41, 5.74) is 0.511. The van der Waals surface area contributed by atoms with Gasteiger partial charge in [-0.2, -0.15) is 0 Å². The number of ether oxygens (including phenoxy) is 1. The van der Waals surface area contributed by atoms with E-state index in [1.165, 1.54) is 0 Å². The lowest BCUT2D eigenvalue weighted by atomic mass is 9.96. The quantitative estimate of drug-likeness (QED) is 0.760. The summed E-state index contributed by atoms with van der Waals surface area (Å²) in [6, 6.07) is 9.88. The van der Waals surface area contributed by atoms with Crippen molar-refractivity contribution in [3.8, 4) is 0 Å². The van der Waals surface area contributed by atoms with E-state index in [9.17, 15) is 13.2 Å². The first-order valence-electron chi connectivity index (χ1n) is 8.13. The highest BCUT2D eigenvalue weighted by Gasteiger charge is 2.41. The van der Waals surface area contributed by atoms with Crippen molar-refractivity contribution in [3.05, 3.63) is 35.9 Å². The molecule has 24 heavy (non-hydrogen) atoms. The SMILES string of the molecule is COCCC1(NS(C)(=O)=O)CCN(C(=O)CCc2ccccc2)C1. The lowest BCUT2D eigenvalue weighted by Gasteiger charge is -2.29. The molecule has 1 aromatic carbocycles. The van der Waals surface area contributed by atoms with Crippen molar-refractivity contribution < 1.29 is 17.9 Å². The van der Waals surface area contributed by atoms with Gasteiger partial charge in [-0.15, -0.1) is 0 Å². The number of likely N-dealkylation sites (tertiary alicyclic amines) is 1. The molecule has 0 saturated carbocycles. The van der Waals surface area contributed by atoms with E-state index in [0.717, 1.165) is 11.8 Å². The third-order valence-electron chi connectivity index (χ3n) is 4.36. The highest BCUT2D eigenvalue weighted by Crippen LogP contribution is 2.26. The van der Waals surface area contributed by atoms with E-state index in [4.69, 9.17) is 4.74 Å². The standard InChI is InChI=1S/C17H26N2O4S/c1-23-13-11-17(18-24(2,21)22)10-12-19(14-17)16(20)9-8-15-6-4-3-5-7-15/h3-7,18H,8-14H2,1-2H3. The molecule has 1 amide bonds. The van der Waals surface area contributed by atoms with Crippen molar-refractivity contribution in [2.75, 3.05) is 33.1 Å². The minimum absolute atomic E-state index is 0.0634. The third kappa shape index (κ3) is 5.58. The molecule has 7 heteroatoms. The first-order valence-corrected chi connectivity index (χ1v) is 10.0. The van der Waals surface area contributed by atoms with Crippen LogP contribution < -0.4 is 4.72 Å². The fourth-order valence-corrected chi connectivity index (χ4v) is 4.22. The molecule has 1 N–H and O–H groups in total. The number of carbonyl (C=O) groups excluding carboxylic acids is 1. The molecule has 1 saturated heterocycles. The third-order valence-corrected chi connectivity index (χ3v) is 5.17. The molecule has 134 valence electrons. The Morgan fingerprint density at radius 3 is 2.67 bits per heavy atom. The molecule has 0 spiro atoms. The second-order valence-electron chi connectivity index (χ2n) is 6.45. The second-order valence-corrected chi connectivity index (χ2v) is 8.20. The number of hydrogen-bond donors (Lipinski definition) is 1. The molecule has 0 radical (unpaired) electrons. The van der Waals surface area contributed by atoms with Gasteiger partial charge in [-0.1, -0.05) is 30.3 Å². The van der Waals surface area contributed by atoms with Crippen LogP contribution in [0.4, 0.5) is 0 Å². The molecule has 2 rings (SSSR count). The normalized spacial score (nSPS) is 21.2. The molecule has 1 fully saturated rings. The zero-order valence-electron chi connectivity index (χ0n) is 14.3. The average molecular weight is 354 g/mol. The molecular weight excluding hydrogens is 328 g/mol. The maximum atomic E-state index is 12.5. The zero-order chi connectivity index (χ0) is 17.6. The molecular formula is C17H26N2O4S. The Morgan fingerprint density at radius 1 is 1.33 bits per heavy atom. The lowest BCUT2D eigenvalue weighted by Crippen LogP contribution is -2.51. The summed E-state index contributed by atoms with van der Waals surface area (Å²) in [5.74, 6) is 0.0634. The van der Waals surface area contributed by atoms with E-state index in [2.05, 4.69) is 4.72 Å². The molecule has 1 aliphatic heterocycles. The molecule has 1 atom stereocenters. The zero-order valence-corrected chi connectivity index (χ0v) is 15.1. The first-order chi connectivity index (χ1) is 11.3. The van der Waals surface area contributed by atoms with Crippen molar-refractivity contribution in [3.63, 3.8) is 0 Å². The Bertz CT molecular complexity index is 648. The molecule has 1 aliphatic rings. The van der Waals surface area contributed by atoms with Crippen LogP contribution in [-0.4, -0.2) is 57.8 Å². The summed E-state index contributed by atoms with van der Waals surface area (Å²) < 4.78 is 31.2. The Morgan fingerprint density at radius 2 is 2.04 bits per heavy atom. The summed E-state index contributed by atoms with van der Waals surface area (Å²) in [6.45, 7) is 1.42. The van der Waals surface area contributed by atoms with E-state index >= 15 is 0 Å². The van der Waals surface area contributed by atoms with Crippen LogP contribution in [0.15, 0.2) is 30.3 Å². The van der Waals surface area contributed by atoms with Crippen LogP contribution in [0.3, 0.4) is 0 Å². The number of amides is 1. The van der Waals surface area contributed by atoms with Crippen molar-refractivity contribution >= 4 is 15.9 Å². The number of sulfonamides is 1. The lowest BCUT2D eigenvalue weighted by molar-refractivity contribution is -0.130. The number of rotatable bonds is 8. The van der Waals surface area contributed by atoms with Crippen LogP contribution in [0, 0.1) is 0 Å². The monoisotopic (exact) mass is 354 g/mol. The van der Waals surface area contributed by atoms with Crippen molar-refractivity contribution in [2.45, 2.75) is 31.2 Å². The van der Waals surface area contributed by atoms with E-state index in [1.54, 1.807) is 12.0 Å². The Labute approximate surface area is 144 Å². The van der Waals surface area contributed by atoms with Gasteiger partial charge in [-0.05, 0) is 24.8 Å². The number of benzene rings is 1. The van der Waals surface area contributed by atoms with Crippen molar-refractivity contribution in [2.24, 2.45) is 0 Å². The summed E-state index contributed by atoms with van der Waals surface area (Å²) in [7, 11) is -1.76. The van der Waals surface area contributed by atoms with E-state index in [0.29, 0.717) is 45.4 Å². The summed E-state index contributed by atoms with van der Waals surface area (Å²) in [5, 5.41) is 0. The summed E-state index contributed by atoms with van der Waals surface area (Å²) in [6.07, 6.45) is 3.45. The molecule has 0 aromatic heterocycles. The fraction of sp³-hybridized carbons (Fsp3) is 0.588. The van der Waals surface area contributed by atoms with Gasteiger partial charge in [0.2, 0.25) is 15.9 Å². The number of nitrogens with one attached hydrogen (secondary N) is 1. The average Bonchev–Trinajstić information content (AvgIpc) is 2.94.